The van der Waals surface area contributed by atoms with Crippen LogP contribution in [0.4, 0.5) is 0 Å². The number of aryl methyl sites for hydroxylation is 2. The summed E-state index contributed by atoms with van der Waals surface area (Å²) < 4.78 is 1.51. The number of benzene rings is 2. The Bertz CT molecular complexity index is 1070. The van der Waals surface area contributed by atoms with Crippen molar-refractivity contribution in [2.24, 2.45) is 0 Å². The van der Waals surface area contributed by atoms with Gasteiger partial charge in [0.05, 0.1) is 0 Å². The molecule has 1 N–H and O–H groups in total. The number of fused-ring (bicyclic) bond motifs is 2. The van der Waals surface area contributed by atoms with Crippen molar-refractivity contribution in [3.63, 3.8) is 0 Å². The molecule has 22 heavy (non-hydrogen) atoms. The van der Waals surface area contributed by atoms with E-state index in [9.17, 15) is 4.79 Å². The standard InChI is InChI=1S/C18H15N3O/c1-11-10-16(22)21-18(19-11)17(12(2)20-21)15-9-5-7-13-6-3-4-8-14(13)15/h3-10,20H,1-2H3. The molecule has 0 unspecified atom stereocenters. The van der Waals surface area contributed by atoms with Crippen molar-refractivity contribution in [3.05, 3.63) is 70.3 Å². The van der Waals surface area contributed by atoms with Crippen molar-refractivity contribution >= 4 is 16.4 Å². The number of rotatable bonds is 1. The van der Waals surface area contributed by atoms with Crippen LogP contribution in [0.25, 0.3) is 27.5 Å². The van der Waals surface area contributed by atoms with Crippen LogP contribution >= 0.6 is 0 Å². The molecule has 0 spiro atoms. The molecule has 0 amide bonds. The molecule has 0 aliphatic heterocycles. The lowest BCUT2D eigenvalue weighted by Crippen LogP contribution is -2.14. The zero-order chi connectivity index (χ0) is 15.3. The summed E-state index contributed by atoms with van der Waals surface area (Å²) in [5.74, 6) is 0. The maximum absolute atomic E-state index is 12.2. The van der Waals surface area contributed by atoms with Gasteiger partial charge < -0.3 is 0 Å². The van der Waals surface area contributed by atoms with E-state index in [-0.39, 0.29) is 5.56 Å². The number of nitrogens with zero attached hydrogens (tertiary/aromatic N) is 2. The number of H-pyrrole nitrogens is 1. The van der Waals surface area contributed by atoms with Crippen molar-refractivity contribution in [1.29, 1.82) is 0 Å². The monoisotopic (exact) mass is 289 g/mol. The maximum Gasteiger partial charge on any atom is 0.272 e. The van der Waals surface area contributed by atoms with Gasteiger partial charge in [-0.15, -0.1) is 0 Å². The maximum atomic E-state index is 12.2. The molecule has 0 fully saturated rings. The third-order valence-corrected chi connectivity index (χ3v) is 3.98. The molecule has 108 valence electrons. The van der Waals surface area contributed by atoms with Crippen LogP contribution < -0.4 is 5.56 Å². The number of hydrogen-bond acceptors (Lipinski definition) is 2. The topological polar surface area (TPSA) is 50.2 Å². The average Bonchev–Trinajstić information content (AvgIpc) is 2.83. The Morgan fingerprint density at radius 1 is 1.05 bits per heavy atom. The van der Waals surface area contributed by atoms with Crippen LogP contribution in [0.5, 0.6) is 0 Å². The molecule has 0 atom stereocenters. The predicted octanol–water partition coefficient (Wildman–Crippen LogP) is 3.46. The highest BCUT2D eigenvalue weighted by Crippen LogP contribution is 2.32. The smallest absolute Gasteiger partial charge is 0.272 e. The second kappa shape index (κ2) is 4.56. The minimum Gasteiger partial charge on any atom is -0.293 e. The van der Waals surface area contributed by atoms with Gasteiger partial charge in [0.2, 0.25) is 0 Å². The molecule has 2 aromatic carbocycles. The van der Waals surface area contributed by atoms with E-state index in [0.717, 1.165) is 27.9 Å². The summed E-state index contributed by atoms with van der Waals surface area (Å²) in [7, 11) is 0. The van der Waals surface area contributed by atoms with Gasteiger partial charge in [-0.25, -0.2) is 9.50 Å². The molecule has 0 aliphatic carbocycles. The molecule has 4 heteroatoms. The van der Waals surface area contributed by atoms with E-state index in [1.165, 1.54) is 16.0 Å². The van der Waals surface area contributed by atoms with Crippen LogP contribution in [-0.2, 0) is 0 Å². The van der Waals surface area contributed by atoms with E-state index in [2.05, 4.69) is 34.3 Å². The molecule has 0 saturated heterocycles. The van der Waals surface area contributed by atoms with Gasteiger partial charge in [-0.05, 0) is 30.2 Å². The molecule has 0 radical (unpaired) electrons. The molecule has 4 rings (SSSR count). The first-order valence-corrected chi connectivity index (χ1v) is 7.22. The highest BCUT2D eigenvalue weighted by molar-refractivity contribution is 6.00. The largest absolute Gasteiger partial charge is 0.293 e. The minimum atomic E-state index is -0.0860. The molecule has 0 aliphatic rings. The molecule has 4 nitrogen and oxygen atoms in total. The first kappa shape index (κ1) is 12.8. The Morgan fingerprint density at radius 2 is 1.82 bits per heavy atom. The molecule has 2 aromatic heterocycles. The molecule has 4 aromatic rings. The van der Waals surface area contributed by atoms with Crippen molar-refractivity contribution in [2.75, 3.05) is 0 Å². The average molecular weight is 289 g/mol. The van der Waals surface area contributed by atoms with Gasteiger partial charge in [-0.1, -0.05) is 42.5 Å². The third kappa shape index (κ3) is 1.77. The molecule has 0 bridgehead atoms. The normalized spacial score (nSPS) is 11.4. The van der Waals surface area contributed by atoms with Gasteiger partial charge in [-0.2, -0.15) is 0 Å². The minimum absolute atomic E-state index is 0.0860. The van der Waals surface area contributed by atoms with Gasteiger partial charge in [0, 0.05) is 23.0 Å². The van der Waals surface area contributed by atoms with Crippen LogP contribution in [0, 0.1) is 13.8 Å². The van der Waals surface area contributed by atoms with Crippen LogP contribution in [0.2, 0.25) is 0 Å². The van der Waals surface area contributed by atoms with Crippen LogP contribution in [-0.4, -0.2) is 14.6 Å². The fraction of sp³-hybridized carbons (Fsp3) is 0.111. The molecular weight excluding hydrogens is 274 g/mol. The summed E-state index contributed by atoms with van der Waals surface area (Å²) >= 11 is 0. The summed E-state index contributed by atoms with van der Waals surface area (Å²) in [6.07, 6.45) is 0. The fourth-order valence-electron chi connectivity index (χ4n) is 3.03. The van der Waals surface area contributed by atoms with Crippen LogP contribution in [0.3, 0.4) is 0 Å². The van der Waals surface area contributed by atoms with Gasteiger partial charge in [0.15, 0.2) is 5.65 Å². The second-order valence-corrected chi connectivity index (χ2v) is 5.53. The highest BCUT2D eigenvalue weighted by atomic mass is 16.1. The summed E-state index contributed by atoms with van der Waals surface area (Å²) in [6, 6.07) is 16.0. The van der Waals surface area contributed by atoms with Crippen molar-refractivity contribution in [1.82, 2.24) is 14.6 Å². The van der Waals surface area contributed by atoms with E-state index >= 15 is 0 Å². The highest BCUT2D eigenvalue weighted by Gasteiger charge is 2.15. The van der Waals surface area contributed by atoms with E-state index in [1.54, 1.807) is 0 Å². The predicted molar refractivity (Wildman–Crippen MR) is 88.2 cm³/mol. The Balaban J connectivity index is 2.17. The number of aromatic nitrogens is 3. The van der Waals surface area contributed by atoms with Crippen LogP contribution in [0.1, 0.15) is 11.4 Å². The van der Waals surface area contributed by atoms with Gasteiger partial charge in [-0.3, -0.25) is 9.89 Å². The number of nitrogens with one attached hydrogen (secondary N) is 1. The number of hydrogen-bond donors (Lipinski definition) is 1. The van der Waals surface area contributed by atoms with Crippen molar-refractivity contribution in [3.8, 4) is 11.1 Å². The zero-order valence-electron chi connectivity index (χ0n) is 12.4. The molecule has 2 heterocycles. The summed E-state index contributed by atoms with van der Waals surface area (Å²) in [6.45, 7) is 3.82. The lowest BCUT2D eigenvalue weighted by atomic mass is 9.98. The van der Waals surface area contributed by atoms with E-state index in [0.29, 0.717) is 5.65 Å². The second-order valence-electron chi connectivity index (χ2n) is 5.53. The quantitative estimate of drug-likeness (QED) is 0.583. The van der Waals surface area contributed by atoms with E-state index < -0.39 is 0 Å². The van der Waals surface area contributed by atoms with Crippen molar-refractivity contribution < 1.29 is 0 Å². The van der Waals surface area contributed by atoms with E-state index in [1.807, 2.05) is 32.0 Å². The first-order chi connectivity index (χ1) is 10.6. The third-order valence-electron chi connectivity index (χ3n) is 3.98. The summed E-state index contributed by atoms with van der Waals surface area (Å²) in [4.78, 5) is 16.7. The van der Waals surface area contributed by atoms with Crippen molar-refractivity contribution in [2.45, 2.75) is 13.8 Å². The Labute approximate surface area is 127 Å². The van der Waals surface area contributed by atoms with E-state index in [4.69, 9.17) is 0 Å². The lowest BCUT2D eigenvalue weighted by molar-refractivity contribution is 0.873. The molecular formula is C18H15N3O. The molecule has 0 saturated carbocycles. The Morgan fingerprint density at radius 3 is 2.68 bits per heavy atom. The Kier molecular flexibility index (Phi) is 2.66. The fourth-order valence-corrected chi connectivity index (χ4v) is 3.03. The van der Waals surface area contributed by atoms with Gasteiger partial charge in [0.25, 0.3) is 5.56 Å². The van der Waals surface area contributed by atoms with Crippen LogP contribution in [0.15, 0.2) is 53.3 Å². The first-order valence-electron chi connectivity index (χ1n) is 7.22. The van der Waals surface area contributed by atoms with Gasteiger partial charge >= 0.3 is 0 Å². The number of aromatic amines is 1. The SMILES string of the molecule is Cc1cc(=O)n2[nH]c(C)c(-c3cccc4ccccc34)c2n1. The summed E-state index contributed by atoms with van der Waals surface area (Å²) in [5, 5.41) is 5.46. The Hall–Kier alpha value is -2.88. The zero-order valence-corrected chi connectivity index (χ0v) is 12.4. The van der Waals surface area contributed by atoms with Gasteiger partial charge in [0.1, 0.15) is 0 Å². The lowest BCUT2D eigenvalue weighted by Gasteiger charge is -2.06. The summed E-state index contributed by atoms with van der Waals surface area (Å²) in [5.41, 5.74) is 4.33.